The van der Waals surface area contributed by atoms with Crippen LogP contribution in [0.2, 0.25) is 0 Å². The highest BCUT2D eigenvalue weighted by Crippen LogP contribution is 2.36. The third-order valence-corrected chi connectivity index (χ3v) is 3.46. The number of hydrogen-bond acceptors (Lipinski definition) is 6. The number of halogens is 2. The molecular formula is C16H16F2N2O6. The van der Waals surface area contributed by atoms with Crippen molar-refractivity contribution in [1.82, 2.24) is 4.90 Å². The number of carbonyl (C=O) groups is 1. The van der Waals surface area contributed by atoms with Gasteiger partial charge in [-0.25, -0.2) is 0 Å². The van der Waals surface area contributed by atoms with Crippen LogP contribution in [0.1, 0.15) is 21.9 Å². The summed E-state index contributed by atoms with van der Waals surface area (Å²) in [5.74, 6) is -0.308. The van der Waals surface area contributed by atoms with E-state index in [1.54, 1.807) is 19.1 Å². The minimum Gasteiger partial charge on any atom is -0.493 e. The summed E-state index contributed by atoms with van der Waals surface area (Å²) in [5.41, 5.74) is -0.992. The number of methoxy groups -OCH3 is 1. The minimum atomic E-state index is -3.20. The summed E-state index contributed by atoms with van der Waals surface area (Å²) >= 11 is 0. The standard InChI is InChI=1S/C16H16F2N2O6/c1-9-4-5-10(25-9)8-19(2)15(21)11-6-13(24-3)14(26-16(17)18)7-12(11)20(22)23/h4-7,16H,8H2,1-3H3. The Kier molecular flexibility index (Phi) is 5.75. The molecule has 0 saturated carbocycles. The van der Waals surface area contributed by atoms with E-state index in [1.807, 2.05) is 0 Å². The zero-order chi connectivity index (χ0) is 19.4. The summed E-state index contributed by atoms with van der Waals surface area (Å²) in [7, 11) is 2.60. The van der Waals surface area contributed by atoms with Gasteiger partial charge in [0, 0.05) is 13.1 Å². The number of aryl methyl sites for hydroxylation is 1. The molecule has 0 N–H and O–H groups in total. The van der Waals surface area contributed by atoms with Crippen LogP contribution in [0.4, 0.5) is 14.5 Å². The van der Waals surface area contributed by atoms with Gasteiger partial charge in [-0.1, -0.05) is 0 Å². The second-order valence-electron chi connectivity index (χ2n) is 5.33. The first-order valence-electron chi connectivity index (χ1n) is 7.35. The van der Waals surface area contributed by atoms with E-state index in [9.17, 15) is 23.7 Å². The van der Waals surface area contributed by atoms with Gasteiger partial charge in [0.1, 0.15) is 17.1 Å². The average molecular weight is 370 g/mol. The number of rotatable bonds is 7. The molecule has 10 heteroatoms. The minimum absolute atomic E-state index is 0.0709. The van der Waals surface area contributed by atoms with Crippen LogP contribution in [-0.2, 0) is 6.54 Å². The van der Waals surface area contributed by atoms with Crippen molar-refractivity contribution < 1.29 is 32.4 Å². The molecule has 0 radical (unpaired) electrons. The number of nitro benzene ring substituents is 1. The molecule has 0 aliphatic heterocycles. The van der Waals surface area contributed by atoms with Crippen molar-refractivity contribution in [2.24, 2.45) is 0 Å². The van der Waals surface area contributed by atoms with Crippen LogP contribution in [0.25, 0.3) is 0 Å². The van der Waals surface area contributed by atoms with Gasteiger partial charge in [0.25, 0.3) is 11.6 Å². The van der Waals surface area contributed by atoms with Gasteiger partial charge in [0.05, 0.1) is 24.6 Å². The van der Waals surface area contributed by atoms with Gasteiger partial charge >= 0.3 is 6.61 Å². The summed E-state index contributed by atoms with van der Waals surface area (Å²) < 4.78 is 39.4. The van der Waals surface area contributed by atoms with E-state index in [0.717, 1.165) is 12.1 Å². The molecule has 1 amide bonds. The molecule has 8 nitrogen and oxygen atoms in total. The summed E-state index contributed by atoms with van der Waals surface area (Å²) in [6.07, 6.45) is 0. The Balaban J connectivity index is 2.39. The van der Waals surface area contributed by atoms with Crippen molar-refractivity contribution in [3.05, 3.63) is 51.5 Å². The van der Waals surface area contributed by atoms with E-state index < -0.39 is 28.9 Å². The molecule has 1 aromatic heterocycles. The molecular weight excluding hydrogens is 354 g/mol. The Morgan fingerprint density at radius 3 is 2.54 bits per heavy atom. The van der Waals surface area contributed by atoms with Crippen molar-refractivity contribution in [1.29, 1.82) is 0 Å². The Labute approximate surface area is 147 Å². The topological polar surface area (TPSA) is 95.0 Å². The lowest BCUT2D eigenvalue weighted by atomic mass is 10.1. The molecule has 0 spiro atoms. The molecule has 0 aliphatic carbocycles. The predicted octanol–water partition coefficient (Wildman–Crippen LogP) is 3.38. The van der Waals surface area contributed by atoms with Crippen molar-refractivity contribution in [3.8, 4) is 11.5 Å². The third kappa shape index (κ3) is 4.26. The first-order chi connectivity index (χ1) is 12.2. The zero-order valence-corrected chi connectivity index (χ0v) is 14.2. The first-order valence-corrected chi connectivity index (χ1v) is 7.35. The maximum absolute atomic E-state index is 12.6. The van der Waals surface area contributed by atoms with Gasteiger partial charge < -0.3 is 18.8 Å². The number of alkyl halides is 2. The van der Waals surface area contributed by atoms with Crippen molar-refractivity contribution in [2.45, 2.75) is 20.1 Å². The van der Waals surface area contributed by atoms with E-state index in [0.29, 0.717) is 11.5 Å². The zero-order valence-electron chi connectivity index (χ0n) is 14.2. The van der Waals surface area contributed by atoms with E-state index in [-0.39, 0.29) is 17.9 Å². The van der Waals surface area contributed by atoms with Gasteiger partial charge in [-0.15, -0.1) is 0 Å². The fraction of sp³-hybridized carbons (Fsp3) is 0.312. The van der Waals surface area contributed by atoms with Gasteiger partial charge in [0.15, 0.2) is 11.5 Å². The van der Waals surface area contributed by atoms with Crippen LogP contribution in [0.5, 0.6) is 11.5 Å². The number of carbonyl (C=O) groups excluding carboxylic acids is 1. The SMILES string of the molecule is COc1cc(C(=O)N(C)Cc2ccc(C)o2)c([N+](=O)[O-])cc1OC(F)F. The second kappa shape index (κ2) is 7.81. The summed E-state index contributed by atoms with van der Waals surface area (Å²) in [5, 5.41) is 11.3. The maximum atomic E-state index is 12.6. The van der Waals surface area contributed by atoms with Gasteiger partial charge in [-0.3, -0.25) is 14.9 Å². The highest BCUT2D eigenvalue weighted by molar-refractivity contribution is 5.98. The summed E-state index contributed by atoms with van der Waals surface area (Å²) in [6.45, 7) is -1.39. The molecule has 0 fully saturated rings. The fourth-order valence-corrected chi connectivity index (χ4v) is 2.30. The summed E-state index contributed by atoms with van der Waals surface area (Å²) in [6, 6.07) is 5.13. The predicted molar refractivity (Wildman–Crippen MR) is 85.5 cm³/mol. The van der Waals surface area contributed by atoms with E-state index in [2.05, 4.69) is 4.74 Å². The number of nitrogens with zero attached hydrogens (tertiary/aromatic N) is 2. The first kappa shape index (κ1) is 19.2. The van der Waals surface area contributed by atoms with Crippen molar-refractivity contribution in [2.75, 3.05) is 14.2 Å². The van der Waals surface area contributed by atoms with Crippen molar-refractivity contribution >= 4 is 11.6 Å². The lowest BCUT2D eigenvalue weighted by Crippen LogP contribution is -2.26. The molecule has 140 valence electrons. The number of amides is 1. The lowest BCUT2D eigenvalue weighted by molar-refractivity contribution is -0.385. The van der Waals surface area contributed by atoms with E-state index in [1.165, 1.54) is 19.1 Å². The Morgan fingerprint density at radius 1 is 1.35 bits per heavy atom. The van der Waals surface area contributed by atoms with Crippen LogP contribution in [0, 0.1) is 17.0 Å². The molecule has 2 rings (SSSR count). The summed E-state index contributed by atoms with van der Waals surface area (Å²) in [4.78, 5) is 24.2. The lowest BCUT2D eigenvalue weighted by Gasteiger charge is -2.17. The third-order valence-electron chi connectivity index (χ3n) is 3.46. The Bertz CT molecular complexity index is 821. The molecule has 0 aliphatic rings. The van der Waals surface area contributed by atoms with E-state index >= 15 is 0 Å². The molecule has 0 unspecified atom stereocenters. The highest BCUT2D eigenvalue weighted by atomic mass is 19.3. The number of benzene rings is 1. The second-order valence-corrected chi connectivity index (χ2v) is 5.33. The monoisotopic (exact) mass is 370 g/mol. The molecule has 0 saturated heterocycles. The molecule has 1 aromatic carbocycles. The van der Waals surface area contributed by atoms with Gasteiger partial charge in [-0.2, -0.15) is 8.78 Å². The maximum Gasteiger partial charge on any atom is 0.387 e. The molecule has 1 heterocycles. The number of nitro groups is 1. The molecule has 26 heavy (non-hydrogen) atoms. The quantitative estimate of drug-likeness (QED) is 0.548. The smallest absolute Gasteiger partial charge is 0.387 e. The largest absolute Gasteiger partial charge is 0.493 e. The fourth-order valence-electron chi connectivity index (χ4n) is 2.30. The Morgan fingerprint density at radius 2 is 2.04 bits per heavy atom. The van der Waals surface area contributed by atoms with Gasteiger partial charge in [-0.05, 0) is 19.1 Å². The highest BCUT2D eigenvalue weighted by Gasteiger charge is 2.28. The van der Waals surface area contributed by atoms with Gasteiger partial charge in [0.2, 0.25) is 0 Å². The number of furan rings is 1. The van der Waals surface area contributed by atoms with Crippen LogP contribution in [0.15, 0.2) is 28.7 Å². The Hall–Kier alpha value is -3.17. The van der Waals surface area contributed by atoms with Crippen LogP contribution in [0.3, 0.4) is 0 Å². The number of hydrogen-bond donors (Lipinski definition) is 0. The molecule has 0 atom stereocenters. The molecule has 2 aromatic rings. The average Bonchev–Trinajstić information content (AvgIpc) is 2.98. The van der Waals surface area contributed by atoms with Crippen LogP contribution < -0.4 is 9.47 Å². The van der Waals surface area contributed by atoms with Crippen molar-refractivity contribution in [3.63, 3.8) is 0 Å². The molecule has 0 bridgehead atoms. The normalized spacial score (nSPS) is 10.7. The van der Waals surface area contributed by atoms with Crippen LogP contribution >= 0.6 is 0 Å². The van der Waals surface area contributed by atoms with Crippen LogP contribution in [-0.4, -0.2) is 36.5 Å². The number of ether oxygens (including phenoxy) is 2. The van der Waals surface area contributed by atoms with E-state index in [4.69, 9.17) is 9.15 Å².